The predicted molar refractivity (Wildman–Crippen MR) is 90.1 cm³/mol. The molecule has 0 saturated carbocycles. The van der Waals surface area contributed by atoms with E-state index < -0.39 is 17.9 Å². The number of phenols is 2. The van der Waals surface area contributed by atoms with Crippen LogP contribution in [0.2, 0.25) is 0 Å². The second-order valence-corrected chi connectivity index (χ2v) is 5.64. The van der Waals surface area contributed by atoms with Crippen molar-refractivity contribution in [1.29, 1.82) is 0 Å². The van der Waals surface area contributed by atoms with Gasteiger partial charge in [-0.15, -0.1) is 0 Å². The van der Waals surface area contributed by atoms with Gasteiger partial charge in [0.05, 0.1) is 12.6 Å². The van der Waals surface area contributed by atoms with Gasteiger partial charge < -0.3 is 20.3 Å². The van der Waals surface area contributed by atoms with Crippen LogP contribution in [0.15, 0.2) is 36.3 Å². The number of hydrogen-bond acceptors (Lipinski definition) is 7. The Kier molecular flexibility index (Phi) is 4.60. The van der Waals surface area contributed by atoms with Gasteiger partial charge in [-0.25, -0.2) is 4.68 Å². The first kappa shape index (κ1) is 16.8. The second kappa shape index (κ2) is 6.84. The maximum absolute atomic E-state index is 12.7. The first-order valence-electron chi connectivity index (χ1n) is 8.11. The van der Waals surface area contributed by atoms with E-state index in [1.807, 2.05) is 13.0 Å². The van der Waals surface area contributed by atoms with Gasteiger partial charge in [0.15, 0.2) is 11.5 Å². The number of fused-ring (bicyclic) bond motifs is 1. The molecule has 3 rings (SSSR count). The molecule has 0 spiro atoms. The van der Waals surface area contributed by atoms with Gasteiger partial charge in [0.2, 0.25) is 5.95 Å². The van der Waals surface area contributed by atoms with Crippen molar-refractivity contribution in [3.05, 3.63) is 41.9 Å². The minimum atomic E-state index is -0.668. The Balaban J connectivity index is 2.16. The third-order valence-corrected chi connectivity index (χ3v) is 4.05. The third-order valence-electron chi connectivity index (χ3n) is 4.05. The molecule has 2 aromatic rings. The third kappa shape index (κ3) is 3.02. The van der Waals surface area contributed by atoms with Crippen molar-refractivity contribution in [3.8, 4) is 11.5 Å². The Bertz CT molecular complexity index is 815. The fourth-order valence-electron chi connectivity index (χ4n) is 3.01. The zero-order valence-electron chi connectivity index (χ0n) is 14.0. The first-order chi connectivity index (χ1) is 12.1. The van der Waals surface area contributed by atoms with Crippen LogP contribution in [0.25, 0.3) is 0 Å². The quantitative estimate of drug-likeness (QED) is 0.576. The lowest BCUT2D eigenvalue weighted by Crippen LogP contribution is -2.38. The summed E-state index contributed by atoms with van der Waals surface area (Å²) in [5.74, 6) is -1.06. The normalized spacial score (nSPS) is 20.8. The zero-order chi connectivity index (χ0) is 18.0. The van der Waals surface area contributed by atoms with Crippen molar-refractivity contribution >= 4 is 11.9 Å². The number of nitrogens with zero attached hydrogens (tertiary/aromatic N) is 3. The fourth-order valence-corrected chi connectivity index (χ4v) is 3.01. The summed E-state index contributed by atoms with van der Waals surface area (Å²) in [6.07, 6.45) is 4.03. The summed E-state index contributed by atoms with van der Waals surface area (Å²) in [7, 11) is 0. The molecule has 0 fully saturated rings. The Labute approximate surface area is 144 Å². The lowest BCUT2D eigenvalue weighted by molar-refractivity contribution is -0.147. The monoisotopic (exact) mass is 344 g/mol. The highest BCUT2D eigenvalue weighted by Crippen LogP contribution is 2.40. The van der Waals surface area contributed by atoms with Crippen molar-refractivity contribution in [3.63, 3.8) is 0 Å². The average molecular weight is 344 g/mol. The summed E-state index contributed by atoms with van der Waals surface area (Å²) in [6, 6.07) is 3.90. The van der Waals surface area contributed by atoms with Crippen molar-refractivity contribution in [2.24, 2.45) is 5.92 Å². The van der Waals surface area contributed by atoms with E-state index in [1.54, 1.807) is 17.7 Å². The van der Waals surface area contributed by atoms with E-state index in [1.165, 1.54) is 18.5 Å². The number of benzene rings is 1. The van der Waals surface area contributed by atoms with Crippen molar-refractivity contribution in [2.45, 2.75) is 26.3 Å². The molecule has 8 heteroatoms. The van der Waals surface area contributed by atoms with Crippen LogP contribution in [-0.4, -0.2) is 37.6 Å². The molecule has 1 aromatic carbocycles. The molecular weight excluding hydrogens is 324 g/mol. The Morgan fingerprint density at radius 1 is 1.36 bits per heavy atom. The number of aromatic nitrogens is 3. The van der Waals surface area contributed by atoms with E-state index in [4.69, 9.17) is 4.74 Å². The SMILES string of the molecule is CCC=C1Nc2ncnn2C(c2ccc(O)c(O)c2)C1C(=O)OCC. The van der Waals surface area contributed by atoms with Crippen LogP contribution in [-0.2, 0) is 9.53 Å². The smallest absolute Gasteiger partial charge is 0.317 e. The Hall–Kier alpha value is -3.03. The van der Waals surface area contributed by atoms with Crippen molar-refractivity contribution in [1.82, 2.24) is 14.8 Å². The highest BCUT2D eigenvalue weighted by atomic mass is 16.5. The Morgan fingerprint density at radius 2 is 2.16 bits per heavy atom. The van der Waals surface area contributed by atoms with Gasteiger partial charge in [-0.1, -0.05) is 19.1 Å². The van der Waals surface area contributed by atoms with E-state index in [0.29, 0.717) is 17.2 Å². The molecule has 25 heavy (non-hydrogen) atoms. The number of aromatic hydroxyl groups is 2. The summed E-state index contributed by atoms with van der Waals surface area (Å²) in [5.41, 5.74) is 1.29. The van der Waals surface area contributed by atoms with E-state index >= 15 is 0 Å². The number of nitrogens with one attached hydrogen (secondary N) is 1. The average Bonchev–Trinajstić information content (AvgIpc) is 3.04. The molecule has 0 amide bonds. The molecule has 1 aromatic heterocycles. The maximum Gasteiger partial charge on any atom is 0.317 e. The molecule has 0 aliphatic carbocycles. The van der Waals surface area contributed by atoms with Gasteiger partial charge >= 0.3 is 5.97 Å². The molecule has 132 valence electrons. The number of carbonyl (C=O) groups excluding carboxylic acids is 1. The molecule has 0 radical (unpaired) electrons. The highest BCUT2D eigenvalue weighted by molar-refractivity contribution is 5.79. The van der Waals surface area contributed by atoms with E-state index in [-0.39, 0.29) is 18.1 Å². The van der Waals surface area contributed by atoms with Gasteiger partial charge in [0.1, 0.15) is 12.2 Å². The number of phenolic OH excluding ortho intramolecular Hbond substituents is 2. The van der Waals surface area contributed by atoms with E-state index in [0.717, 1.165) is 6.42 Å². The lowest BCUT2D eigenvalue weighted by Gasteiger charge is -2.33. The minimum Gasteiger partial charge on any atom is -0.504 e. The molecule has 2 heterocycles. The number of carbonyl (C=O) groups is 1. The predicted octanol–water partition coefficient (Wildman–Crippen LogP) is 2.18. The topological polar surface area (TPSA) is 110 Å². The largest absolute Gasteiger partial charge is 0.504 e. The molecule has 0 saturated heterocycles. The Morgan fingerprint density at radius 3 is 2.84 bits per heavy atom. The number of allylic oxidation sites excluding steroid dienone is 1. The molecule has 0 bridgehead atoms. The van der Waals surface area contributed by atoms with Gasteiger partial charge in [0, 0.05) is 5.70 Å². The number of hydrogen-bond donors (Lipinski definition) is 3. The lowest BCUT2D eigenvalue weighted by atomic mass is 9.88. The maximum atomic E-state index is 12.7. The van der Waals surface area contributed by atoms with Crippen LogP contribution < -0.4 is 5.32 Å². The fraction of sp³-hybridized carbons (Fsp3) is 0.353. The molecule has 2 atom stereocenters. The van der Waals surface area contributed by atoms with Crippen LogP contribution in [0.3, 0.4) is 0 Å². The van der Waals surface area contributed by atoms with Crippen LogP contribution in [0.4, 0.5) is 5.95 Å². The van der Waals surface area contributed by atoms with Crippen molar-refractivity contribution < 1.29 is 19.7 Å². The summed E-state index contributed by atoms with van der Waals surface area (Å²) in [6.45, 7) is 3.98. The summed E-state index contributed by atoms with van der Waals surface area (Å²) < 4.78 is 6.85. The molecule has 2 unspecified atom stereocenters. The van der Waals surface area contributed by atoms with Crippen molar-refractivity contribution in [2.75, 3.05) is 11.9 Å². The summed E-state index contributed by atoms with van der Waals surface area (Å²) in [4.78, 5) is 16.9. The van der Waals surface area contributed by atoms with Crippen LogP contribution in [0.1, 0.15) is 31.9 Å². The molecule has 1 aliphatic heterocycles. The van der Waals surface area contributed by atoms with Gasteiger partial charge in [-0.05, 0) is 31.0 Å². The molecule has 1 aliphatic rings. The standard InChI is InChI=1S/C17H20N4O4/c1-3-5-11-14(16(24)25-4-2)15(21-17(20-11)18-9-19-21)10-6-7-12(22)13(23)8-10/h5-9,14-15,22-23H,3-4H2,1-2H3,(H,18,19,20). The van der Waals surface area contributed by atoms with Gasteiger partial charge in [0.25, 0.3) is 0 Å². The van der Waals surface area contributed by atoms with Crippen LogP contribution in [0.5, 0.6) is 11.5 Å². The number of ether oxygens (including phenoxy) is 1. The molecular formula is C17H20N4O4. The summed E-state index contributed by atoms with van der Waals surface area (Å²) >= 11 is 0. The van der Waals surface area contributed by atoms with E-state index in [9.17, 15) is 15.0 Å². The second-order valence-electron chi connectivity index (χ2n) is 5.64. The number of rotatable bonds is 4. The van der Waals surface area contributed by atoms with Gasteiger partial charge in [-0.2, -0.15) is 10.1 Å². The van der Waals surface area contributed by atoms with Gasteiger partial charge in [-0.3, -0.25) is 4.79 Å². The molecule has 3 N–H and O–H groups in total. The molecule has 8 nitrogen and oxygen atoms in total. The number of esters is 1. The highest BCUT2D eigenvalue weighted by Gasteiger charge is 2.41. The minimum absolute atomic E-state index is 0.228. The number of anilines is 1. The van der Waals surface area contributed by atoms with Crippen LogP contribution >= 0.6 is 0 Å². The van der Waals surface area contributed by atoms with E-state index in [2.05, 4.69) is 15.4 Å². The summed E-state index contributed by atoms with van der Waals surface area (Å²) in [5, 5.41) is 26.8. The first-order valence-corrected chi connectivity index (χ1v) is 8.11. The zero-order valence-corrected chi connectivity index (χ0v) is 14.0. The van der Waals surface area contributed by atoms with Crippen LogP contribution in [0, 0.1) is 5.92 Å².